The number of benzene rings is 2. The second kappa shape index (κ2) is 6.50. The predicted octanol–water partition coefficient (Wildman–Crippen LogP) is 4.23. The van der Waals surface area contributed by atoms with Crippen LogP contribution in [0.2, 0.25) is 0 Å². The summed E-state index contributed by atoms with van der Waals surface area (Å²) in [4.78, 5) is 6.65. The molecule has 2 aromatic carbocycles. The summed E-state index contributed by atoms with van der Waals surface area (Å²) in [7, 11) is 3.72. The van der Waals surface area contributed by atoms with Crippen molar-refractivity contribution in [1.82, 2.24) is 9.88 Å². The van der Waals surface area contributed by atoms with Gasteiger partial charge in [-0.1, -0.05) is 28.1 Å². The molecule has 0 amide bonds. The van der Waals surface area contributed by atoms with E-state index in [0.717, 1.165) is 39.3 Å². The van der Waals surface area contributed by atoms with Crippen LogP contribution in [0.15, 0.2) is 51.4 Å². The van der Waals surface area contributed by atoms with Gasteiger partial charge in [0.2, 0.25) is 5.89 Å². The highest BCUT2D eigenvalue weighted by Crippen LogP contribution is 2.24. The molecule has 0 N–H and O–H groups in total. The van der Waals surface area contributed by atoms with Crippen LogP contribution in [0, 0.1) is 0 Å². The first-order valence-corrected chi connectivity index (χ1v) is 7.80. The Morgan fingerprint density at radius 2 is 2.00 bits per heavy atom. The summed E-state index contributed by atoms with van der Waals surface area (Å²) in [5, 5.41) is 0. The fourth-order valence-corrected chi connectivity index (χ4v) is 2.84. The quantitative estimate of drug-likeness (QED) is 0.682. The van der Waals surface area contributed by atoms with Gasteiger partial charge in [-0.3, -0.25) is 4.90 Å². The predicted molar refractivity (Wildman–Crippen MR) is 89.9 cm³/mol. The van der Waals surface area contributed by atoms with Crippen LogP contribution >= 0.6 is 15.9 Å². The molecule has 0 spiro atoms. The normalized spacial score (nSPS) is 11.3. The molecule has 3 aromatic rings. The van der Waals surface area contributed by atoms with E-state index >= 15 is 0 Å². The van der Waals surface area contributed by atoms with E-state index in [2.05, 4.69) is 31.9 Å². The van der Waals surface area contributed by atoms with Gasteiger partial charge in [-0.15, -0.1) is 0 Å². The summed E-state index contributed by atoms with van der Waals surface area (Å²) < 4.78 is 12.2. The zero-order valence-electron chi connectivity index (χ0n) is 12.5. The Kier molecular flexibility index (Phi) is 4.45. The standard InChI is InChI=1S/C17H17BrN2O2/c1-20(10-12-9-13(18)7-8-15(12)21-2)11-17-19-14-5-3-4-6-16(14)22-17/h3-9H,10-11H2,1-2H3. The first-order valence-electron chi connectivity index (χ1n) is 7.01. The second-order valence-electron chi connectivity index (χ2n) is 5.20. The van der Waals surface area contributed by atoms with Gasteiger partial charge in [-0.2, -0.15) is 0 Å². The fraction of sp³-hybridized carbons (Fsp3) is 0.235. The monoisotopic (exact) mass is 360 g/mol. The molecule has 1 heterocycles. The first-order chi connectivity index (χ1) is 10.7. The number of rotatable bonds is 5. The minimum Gasteiger partial charge on any atom is -0.496 e. The molecule has 0 aliphatic rings. The third kappa shape index (κ3) is 3.31. The van der Waals surface area contributed by atoms with Crippen LogP contribution in [-0.2, 0) is 13.1 Å². The van der Waals surface area contributed by atoms with Crippen LogP contribution < -0.4 is 4.74 Å². The Labute approximate surface area is 137 Å². The molecule has 0 saturated heterocycles. The van der Waals surface area contributed by atoms with E-state index < -0.39 is 0 Å². The van der Waals surface area contributed by atoms with Crippen molar-refractivity contribution in [3.63, 3.8) is 0 Å². The molecule has 0 radical (unpaired) electrons. The molecule has 114 valence electrons. The third-order valence-electron chi connectivity index (χ3n) is 3.43. The Hall–Kier alpha value is -1.85. The Morgan fingerprint density at radius 1 is 1.18 bits per heavy atom. The lowest BCUT2D eigenvalue weighted by molar-refractivity contribution is 0.280. The van der Waals surface area contributed by atoms with E-state index in [1.165, 1.54) is 0 Å². The van der Waals surface area contributed by atoms with E-state index in [4.69, 9.17) is 9.15 Å². The number of halogens is 1. The number of hydrogen-bond donors (Lipinski definition) is 0. The number of oxazole rings is 1. The van der Waals surface area contributed by atoms with Gasteiger partial charge < -0.3 is 9.15 Å². The van der Waals surface area contributed by atoms with Crippen molar-refractivity contribution < 1.29 is 9.15 Å². The van der Waals surface area contributed by atoms with E-state index in [1.807, 2.05) is 43.4 Å². The topological polar surface area (TPSA) is 38.5 Å². The molecule has 0 saturated carbocycles. The lowest BCUT2D eigenvalue weighted by Gasteiger charge is -2.17. The van der Waals surface area contributed by atoms with Gasteiger partial charge in [0.25, 0.3) is 0 Å². The van der Waals surface area contributed by atoms with E-state index in [1.54, 1.807) is 7.11 Å². The number of methoxy groups -OCH3 is 1. The van der Waals surface area contributed by atoms with Crippen LogP contribution in [-0.4, -0.2) is 24.0 Å². The van der Waals surface area contributed by atoms with Crippen molar-refractivity contribution in [3.8, 4) is 5.75 Å². The molecule has 0 atom stereocenters. The highest BCUT2D eigenvalue weighted by Gasteiger charge is 2.11. The van der Waals surface area contributed by atoms with E-state index in [9.17, 15) is 0 Å². The van der Waals surface area contributed by atoms with Crippen LogP contribution in [0.5, 0.6) is 5.75 Å². The van der Waals surface area contributed by atoms with Crippen molar-refractivity contribution in [3.05, 3.63) is 58.4 Å². The maximum atomic E-state index is 5.76. The van der Waals surface area contributed by atoms with Gasteiger partial charge in [-0.25, -0.2) is 4.98 Å². The molecule has 22 heavy (non-hydrogen) atoms. The largest absolute Gasteiger partial charge is 0.496 e. The molecule has 4 nitrogen and oxygen atoms in total. The highest BCUT2D eigenvalue weighted by atomic mass is 79.9. The van der Waals surface area contributed by atoms with Gasteiger partial charge in [0.1, 0.15) is 11.3 Å². The number of fused-ring (bicyclic) bond motifs is 1. The average molecular weight is 361 g/mol. The lowest BCUT2D eigenvalue weighted by Crippen LogP contribution is -2.17. The fourth-order valence-electron chi connectivity index (χ4n) is 2.44. The number of aromatic nitrogens is 1. The van der Waals surface area contributed by atoms with Crippen LogP contribution in [0.4, 0.5) is 0 Å². The molecule has 5 heteroatoms. The summed E-state index contributed by atoms with van der Waals surface area (Å²) in [6.45, 7) is 1.39. The van der Waals surface area contributed by atoms with Crippen LogP contribution in [0.25, 0.3) is 11.1 Å². The number of ether oxygens (including phenoxy) is 1. The minimum absolute atomic E-state index is 0.643. The molecule has 0 unspecified atom stereocenters. The minimum atomic E-state index is 0.643. The number of hydrogen-bond acceptors (Lipinski definition) is 4. The van der Waals surface area contributed by atoms with Crippen molar-refractivity contribution >= 4 is 27.0 Å². The summed E-state index contributed by atoms with van der Waals surface area (Å²) in [5.41, 5.74) is 2.84. The van der Waals surface area contributed by atoms with Crippen LogP contribution in [0.1, 0.15) is 11.5 Å². The number of para-hydroxylation sites is 2. The molecular formula is C17H17BrN2O2. The second-order valence-corrected chi connectivity index (χ2v) is 6.12. The van der Waals surface area contributed by atoms with Gasteiger partial charge in [0.05, 0.1) is 13.7 Å². The van der Waals surface area contributed by atoms with Crippen LogP contribution in [0.3, 0.4) is 0 Å². The van der Waals surface area contributed by atoms with Gasteiger partial charge in [-0.05, 0) is 37.4 Å². The molecule has 0 fully saturated rings. The molecule has 0 aliphatic heterocycles. The Bertz CT molecular complexity index is 752. The smallest absolute Gasteiger partial charge is 0.209 e. The lowest BCUT2D eigenvalue weighted by atomic mass is 10.2. The maximum Gasteiger partial charge on any atom is 0.209 e. The highest BCUT2D eigenvalue weighted by molar-refractivity contribution is 9.10. The SMILES string of the molecule is COc1ccc(Br)cc1CN(C)Cc1nc2ccccc2o1. The third-order valence-corrected chi connectivity index (χ3v) is 3.92. The first kappa shape index (κ1) is 15.1. The van der Waals surface area contributed by atoms with Gasteiger partial charge >= 0.3 is 0 Å². The molecule has 0 aliphatic carbocycles. The summed E-state index contributed by atoms with van der Waals surface area (Å²) in [5.74, 6) is 1.60. The van der Waals surface area contributed by atoms with Crippen molar-refractivity contribution in [1.29, 1.82) is 0 Å². The van der Waals surface area contributed by atoms with E-state index in [-0.39, 0.29) is 0 Å². The molecular weight excluding hydrogens is 344 g/mol. The number of nitrogens with zero attached hydrogens (tertiary/aromatic N) is 2. The summed E-state index contributed by atoms with van der Waals surface area (Å²) in [6.07, 6.45) is 0. The summed E-state index contributed by atoms with van der Waals surface area (Å²) in [6, 6.07) is 13.8. The van der Waals surface area contributed by atoms with Gasteiger partial charge in [0.15, 0.2) is 5.58 Å². The summed E-state index contributed by atoms with van der Waals surface area (Å²) >= 11 is 3.50. The zero-order chi connectivity index (χ0) is 15.5. The molecule has 0 bridgehead atoms. The molecule has 1 aromatic heterocycles. The molecule has 3 rings (SSSR count). The van der Waals surface area contributed by atoms with Crippen molar-refractivity contribution in [2.24, 2.45) is 0 Å². The zero-order valence-corrected chi connectivity index (χ0v) is 14.1. The Balaban J connectivity index is 1.74. The average Bonchev–Trinajstić information content (AvgIpc) is 2.89. The van der Waals surface area contributed by atoms with Crippen molar-refractivity contribution in [2.75, 3.05) is 14.2 Å². The van der Waals surface area contributed by atoms with Crippen molar-refractivity contribution in [2.45, 2.75) is 13.1 Å². The van der Waals surface area contributed by atoms with Gasteiger partial charge in [0, 0.05) is 16.6 Å². The maximum absolute atomic E-state index is 5.76. The Morgan fingerprint density at radius 3 is 2.77 bits per heavy atom. The van der Waals surface area contributed by atoms with E-state index in [0.29, 0.717) is 6.54 Å².